The molecule has 4 saturated heterocycles. The monoisotopic (exact) mass is 803 g/mol. The van der Waals surface area contributed by atoms with Crippen molar-refractivity contribution in [2.45, 2.75) is 57.1 Å². The molecule has 14 heteroatoms. The maximum atomic E-state index is 13.6. The number of piperazine rings is 1. The lowest BCUT2D eigenvalue weighted by molar-refractivity contribution is -0.136. The zero-order valence-corrected chi connectivity index (χ0v) is 33.1. The molecule has 13 nitrogen and oxygen atoms in total. The Morgan fingerprint density at radius 1 is 0.810 bits per heavy atom. The SMILES string of the molecule is N#Cc1ccc(OC2CCN(C(=O)c3ccc(N4CCN(CC5CCN(c6ccc7c(c6)C(=O)N(C6CCC(=O)NC6=O)C7=O)CC5)CC4)cc3)CC23CC3)cc1Cl. The second kappa shape index (κ2) is 15.4. The summed E-state index contributed by atoms with van der Waals surface area (Å²) in [5.41, 5.74) is 3.74. The van der Waals surface area contributed by atoms with Crippen molar-refractivity contribution in [3.8, 4) is 11.8 Å². The molecule has 5 amide bonds. The van der Waals surface area contributed by atoms with Gasteiger partial charge in [0.05, 0.1) is 21.7 Å². The fraction of sp³-hybridized carbons (Fsp3) is 0.455. The molecule has 5 heterocycles. The second-order valence-electron chi connectivity index (χ2n) is 16.7. The van der Waals surface area contributed by atoms with Crippen LogP contribution in [0, 0.1) is 22.7 Å². The van der Waals surface area contributed by atoms with Gasteiger partial charge in [-0.3, -0.25) is 39.1 Å². The maximum Gasteiger partial charge on any atom is 0.262 e. The van der Waals surface area contributed by atoms with E-state index < -0.39 is 23.8 Å². The van der Waals surface area contributed by atoms with Gasteiger partial charge >= 0.3 is 0 Å². The Labute approximate surface area is 342 Å². The molecule has 0 radical (unpaired) electrons. The number of rotatable bonds is 8. The van der Waals surface area contributed by atoms with Crippen LogP contribution in [0.25, 0.3) is 0 Å². The van der Waals surface area contributed by atoms with Gasteiger partial charge in [0, 0.05) is 100 Å². The van der Waals surface area contributed by atoms with Crippen LogP contribution in [0.5, 0.6) is 5.75 Å². The van der Waals surface area contributed by atoms with Gasteiger partial charge in [0.1, 0.15) is 24.0 Å². The number of hydrogen-bond acceptors (Lipinski definition) is 10. The molecule has 2 atom stereocenters. The molecule has 1 saturated carbocycles. The van der Waals surface area contributed by atoms with Crippen molar-refractivity contribution in [1.82, 2.24) is 20.0 Å². The molecule has 3 aromatic rings. The Morgan fingerprint density at radius 2 is 1.52 bits per heavy atom. The predicted octanol–water partition coefficient (Wildman–Crippen LogP) is 4.73. The number of anilines is 2. The van der Waals surface area contributed by atoms with E-state index in [1.165, 1.54) is 0 Å². The van der Waals surface area contributed by atoms with Gasteiger partial charge in [-0.2, -0.15) is 5.26 Å². The number of carbonyl (C=O) groups excluding carboxylic acids is 5. The fourth-order valence-corrected chi connectivity index (χ4v) is 9.76. The molecule has 0 bridgehead atoms. The number of piperidine rings is 3. The Kier molecular flexibility index (Phi) is 10.1. The smallest absolute Gasteiger partial charge is 0.262 e. The van der Waals surface area contributed by atoms with Crippen molar-refractivity contribution in [3.05, 3.63) is 87.9 Å². The number of ether oxygens (including phenoxy) is 1. The number of carbonyl (C=O) groups is 5. The third kappa shape index (κ3) is 7.28. The molecule has 5 fully saturated rings. The molecule has 9 rings (SSSR count). The van der Waals surface area contributed by atoms with Crippen LogP contribution in [0.15, 0.2) is 60.7 Å². The van der Waals surface area contributed by atoms with E-state index in [9.17, 15) is 29.2 Å². The van der Waals surface area contributed by atoms with Gasteiger partial charge in [-0.15, -0.1) is 0 Å². The molecule has 1 aliphatic carbocycles. The molecule has 1 N–H and O–H groups in total. The lowest BCUT2D eigenvalue weighted by Crippen LogP contribution is -2.54. The van der Waals surface area contributed by atoms with Crippen LogP contribution in [0.4, 0.5) is 11.4 Å². The van der Waals surface area contributed by atoms with Crippen LogP contribution in [0.2, 0.25) is 5.02 Å². The van der Waals surface area contributed by atoms with Crippen LogP contribution >= 0.6 is 11.6 Å². The minimum atomic E-state index is -0.969. The van der Waals surface area contributed by atoms with E-state index in [2.05, 4.69) is 38.2 Å². The maximum absolute atomic E-state index is 13.6. The zero-order valence-electron chi connectivity index (χ0n) is 32.3. The largest absolute Gasteiger partial charge is 0.490 e. The molecule has 0 aromatic heterocycles. The van der Waals surface area contributed by atoms with Crippen LogP contribution in [0.1, 0.15) is 81.6 Å². The van der Waals surface area contributed by atoms with Gasteiger partial charge in [0.15, 0.2) is 0 Å². The van der Waals surface area contributed by atoms with Gasteiger partial charge in [0.2, 0.25) is 11.8 Å². The van der Waals surface area contributed by atoms with Crippen molar-refractivity contribution in [3.63, 3.8) is 0 Å². The van der Waals surface area contributed by atoms with Crippen molar-refractivity contribution in [2.75, 3.05) is 68.7 Å². The highest BCUT2D eigenvalue weighted by atomic mass is 35.5. The Balaban J connectivity index is 0.726. The quantitative estimate of drug-likeness (QED) is 0.318. The Morgan fingerprint density at radius 3 is 2.21 bits per heavy atom. The number of amides is 5. The summed E-state index contributed by atoms with van der Waals surface area (Å²) < 4.78 is 6.36. The number of imide groups is 2. The zero-order chi connectivity index (χ0) is 40.1. The number of halogens is 1. The first-order chi connectivity index (χ1) is 28.1. The van der Waals surface area contributed by atoms with Crippen molar-refractivity contribution in [2.24, 2.45) is 11.3 Å². The normalized spacial score (nSPS) is 23.5. The molecular formula is C44H46ClN7O6. The summed E-state index contributed by atoms with van der Waals surface area (Å²) in [6.45, 7) is 7.84. The van der Waals surface area contributed by atoms with Gasteiger partial charge in [0.25, 0.3) is 17.7 Å². The van der Waals surface area contributed by atoms with E-state index in [1.807, 2.05) is 23.1 Å². The summed E-state index contributed by atoms with van der Waals surface area (Å²) in [6, 6.07) is 19.7. The average Bonchev–Trinajstić information content (AvgIpc) is 3.96. The minimum absolute atomic E-state index is 0.00919. The number of nitriles is 1. The van der Waals surface area contributed by atoms with E-state index >= 15 is 0 Å². The van der Waals surface area contributed by atoms with E-state index in [0.717, 1.165) is 94.2 Å². The first-order valence-electron chi connectivity index (χ1n) is 20.4. The number of likely N-dealkylation sites (tertiary alicyclic amines) is 1. The standard InChI is InChI=1S/C44H46ClN7O6/c45-36-24-33(7-3-30(36)25-46)58-38-13-18-51(27-44(38)14-15-44)41(55)29-1-4-31(5-2-29)50-21-19-48(20-22-50)26-28-11-16-49(17-12-28)32-6-8-34-35(23-32)43(57)52(42(34)56)37-9-10-39(53)47-40(37)54/h1-8,23-24,28,37-38H,9-22,26-27H2,(H,47,53,54). The Hall–Kier alpha value is -5.45. The van der Waals surface area contributed by atoms with Crippen molar-refractivity contribution >= 4 is 52.5 Å². The van der Waals surface area contributed by atoms with Gasteiger partial charge in [-0.05, 0) is 92.6 Å². The van der Waals surface area contributed by atoms with E-state index in [0.29, 0.717) is 52.0 Å². The molecule has 2 unspecified atom stereocenters. The summed E-state index contributed by atoms with van der Waals surface area (Å²) in [5, 5.41) is 11.8. The van der Waals surface area contributed by atoms with Gasteiger partial charge < -0.3 is 19.4 Å². The van der Waals surface area contributed by atoms with Crippen LogP contribution in [-0.2, 0) is 9.59 Å². The molecule has 58 heavy (non-hydrogen) atoms. The molecule has 6 aliphatic rings. The second-order valence-corrected chi connectivity index (χ2v) is 17.1. The molecular weight excluding hydrogens is 758 g/mol. The molecule has 300 valence electrons. The van der Waals surface area contributed by atoms with Gasteiger partial charge in [-0.25, -0.2) is 0 Å². The summed E-state index contributed by atoms with van der Waals surface area (Å²) in [5.74, 6) is -0.670. The predicted molar refractivity (Wildman–Crippen MR) is 216 cm³/mol. The summed E-state index contributed by atoms with van der Waals surface area (Å²) in [7, 11) is 0. The third-order valence-electron chi connectivity index (χ3n) is 13.1. The number of benzene rings is 3. The number of hydrogen-bond donors (Lipinski definition) is 1. The highest BCUT2D eigenvalue weighted by molar-refractivity contribution is 6.31. The van der Waals surface area contributed by atoms with Crippen molar-refractivity contribution < 1.29 is 28.7 Å². The lowest BCUT2D eigenvalue weighted by atomic mass is 9.90. The third-order valence-corrected chi connectivity index (χ3v) is 13.5. The summed E-state index contributed by atoms with van der Waals surface area (Å²) in [4.78, 5) is 74.4. The number of fused-ring (bicyclic) bond motifs is 1. The first-order valence-corrected chi connectivity index (χ1v) is 20.8. The lowest BCUT2D eigenvalue weighted by Gasteiger charge is -2.40. The average molecular weight is 804 g/mol. The first kappa shape index (κ1) is 38.1. The van der Waals surface area contributed by atoms with E-state index in [1.54, 1.807) is 30.3 Å². The molecule has 5 aliphatic heterocycles. The highest BCUT2D eigenvalue weighted by Gasteiger charge is 2.55. The number of nitrogens with zero attached hydrogens (tertiary/aromatic N) is 6. The van der Waals surface area contributed by atoms with Crippen LogP contribution < -0.4 is 19.9 Å². The minimum Gasteiger partial charge on any atom is -0.490 e. The molecule has 1 spiro atoms. The topological polar surface area (TPSA) is 147 Å². The van der Waals surface area contributed by atoms with Crippen LogP contribution in [-0.4, -0.2) is 115 Å². The summed E-state index contributed by atoms with van der Waals surface area (Å²) >= 11 is 6.24. The van der Waals surface area contributed by atoms with Gasteiger partial charge in [-0.1, -0.05) is 11.6 Å². The van der Waals surface area contributed by atoms with Crippen LogP contribution in [0.3, 0.4) is 0 Å². The van der Waals surface area contributed by atoms with Crippen molar-refractivity contribution in [1.29, 1.82) is 5.26 Å². The Bertz CT molecular complexity index is 2200. The van der Waals surface area contributed by atoms with E-state index in [-0.39, 0.29) is 36.2 Å². The fourth-order valence-electron chi connectivity index (χ4n) is 9.54. The summed E-state index contributed by atoms with van der Waals surface area (Å²) in [6.07, 6.45) is 5.09. The number of nitrogens with one attached hydrogen (secondary N) is 1. The molecule has 3 aromatic carbocycles. The van der Waals surface area contributed by atoms with E-state index in [4.69, 9.17) is 16.3 Å². The highest BCUT2D eigenvalue weighted by Crippen LogP contribution is 2.53.